The Bertz CT molecular complexity index is 712. The van der Waals surface area contributed by atoms with E-state index in [1.54, 1.807) is 10.9 Å². The van der Waals surface area contributed by atoms with E-state index in [1.807, 2.05) is 43.5 Å². The maximum Gasteiger partial charge on any atom is 0.227 e. The van der Waals surface area contributed by atoms with Crippen molar-refractivity contribution < 1.29 is 9.59 Å². The van der Waals surface area contributed by atoms with Gasteiger partial charge in [-0.25, -0.2) is 0 Å². The first-order chi connectivity index (χ1) is 11.6. The van der Waals surface area contributed by atoms with Crippen LogP contribution in [0.1, 0.15) is 25.3 Å². The van der Waals surface area contributed by atoms with Gasteiger partial charge in [0, 0.05) is 36.5 Å². The molecule has 3 rings (SSSR count). The summed E-state index contributed by atoms with van der Waals surface area (Å²) >= 11 is 0. The highest BCUT2D eigenvalue weighted by molar-refractivity contribution is 5.96. The highest BCUT2D eigenvalue weighted by Crippen LogP contribution is 2.27. The molecule has 0 unspecified atom stereocenters. The van der Waals surface area contributed by atoms with Crippen molar-refractivity contribution in [3.8, 4) is 0 Å². The Morgan fingerprint density at radius 2 is 2.25 bits per heavy atom. The van der Waals surface area contributed by atoms with Gasteiger partial charge in [0.2, 0.25) is 11.8 Å². The van der Waals surface area contributed by atoms with Gasteiger partial charge in [-0.3, -0.25) is 14.3 Å². The quantitative estimate of drug-likeness (QED) is 0.852. The molecule has 1 aliphatic rings. The number of aromatic nitrogens is 2. The molecule has 0 bridgehead atoms. The second-order valence-corrected chi connectivity index (χ2v) is 6.28. The molecular weight excluding hydrogens is 304 g/mol. The third kappa shape index (κ3) is 4.01. The Labute approximate surface area is 141 Å². The fourth-order valence-corrected chi connectivity index (χ4v) is 3.03. The molecule has 1 aliphatic heterocycles. The van der Waals surface area contributed by atoms with Crippen LogP contribution in [0.5, 0.6) is 0 Å². The molecule has 0 saturated heterocycles. The molecule has 0 spiro atoms. The van der Waals surface area contributed by atoms with E-state index < -0.39 is 0 Å². The third-order valence-corrected chi connectivity index (χ3v) is 4.26. The van der Waals surface area contributed by atoms with Gasteiger partial charge in [0.25, 0.3) is 0 Å². The van der Waals surface area contributed by atoms with E-state index in [1.165, 1.54) is 0 Å². The smallest absolute Gasteiger partial charge is 0.227 e. The van der Waals surface area contributed by atoms with Gasteiger partial charge in [-0.2, -0.15) is 5.10 Å². The van der Waals surface area contributed by atoms with Crippen molar-refractivity contribution in [1.29, 1.82) is 0 Å². The van der Waals surface area contributed by atoms with Crippen LogP contribution in [0.15, 0.2) is 42.7 Å². The summed E-state index contributed by atoms with van der Waals surface area (Å²) in [6.07, 6.45) is 5.18. The maximum absolute atomic E-state index is 12.1. The van der Waals surface area contributed by atoms with Gasteiger partial charge >= 0.3 is 0 Å². The van der Waals surface area contributed by atoms with Crippen molar-refractivity contribution >= 4 is 17.5 Å². The van der Waals surface area contributed by atoms with Crippen LogP contribution in [0.4, 0.5) is 5.69 Å². The van der Waals surface area contributed by atoms with Crippen LogP contribution in [0.25, 0.3) is 0 Å². The van der Waals surface area contributed by atoms with Gasteiger partial charge in [-0.15, -0.1) is 0 Å². The zero-order valence-corrected chi connectivity index (χ0v) is 13.7. The Morgan fingerprint density at radius 3 is 3.04 bits per heavy atom. The number of fused-ring (bicyclic) bond motifs is 1. The first-order valence-electron chi connectivity index (χ1n) is 8.27. The summed E-state index contributed by atoms with van der Waals surface area (Å²) in [5.74, 6) is -0.167. The lowest BCUT2D eigenvalue weighted by Crippen LogP contribution is -2.37. The zero-order valence-electron chi connectivity index (χ0n) is 13.7. The highest BCUT2D eigenvalue weighted by atomic mass is 16.2. The molecule has 1 aromatic heterocycles. The van der Waals surface area contributed by atoms with Crippen LogP contribution in [0.3, 0.4) is 0 Å². The van der Waals surface area contributed by atoms with Crippen molar-refractivity contribution in [2.75, 3.05) is 5.32 Å². The number of nitrogens with zero attached hydrogens (tertiary/aromatic N) is 2. The average molecular weight is 326 g/mol. The number of para-hydroxylation sites is 1. The molecular formula is C18H22N4O2. The van der Waals surface area contributed by atoms with Crippen LogP contribution in [-0.2, 0) is 22.6 Å². The van der Waals surface area contributed by atoms with Crippen LogP contribution in [0, 0.1) is 5.92 Å². The summed E-state index contributed by atoms with van der Waals surface area (Å²) in [5, 5.41) is 10.0. The topological polar surface area (TPSA) is 76.0 Å². The minimum absolute atomic E-state index is 0.00157. The fraction of sp³-hybridized carbons (Fsp3) is 0.389. The molecule has 2 heterocycles. The Balaban J connectivity index is 1.47. The Kier molecular flexibility index (Phi) is 4.93. The van der Waals surface area contributed by atoms with Crippen LogP contribution < -0.4 is 10.6 Å². The van der Waals surface area contributed by atoms with Gasteiger partial charge in [-0.05, 0) is 37.5 Å². The van der Waals surface area contributed by atoms with Crippen LogP contribution in [-0.4, -0.2) is 27.6 Å². The number of amides is 2. The van der Waals surface area contributed by atoms with Gasteiger partial charge < -0.3 is 10.6 Å². The van der Waals surface area contributed by atoms with Gasteiger partial charge in [0.15, 0.2) is 0 Å². The number of anilines is 1. The van der Waals surface area contributed by atoms with E-state index in [-0.39, 0.29) is 23.8 Å². The van der Waals surface area contributed by atoms with E-state index in [0.29, 0.717) is 25.8 Å². The maximum atomic E-state index is 12.1. The molecule has 24 heavy (non-hydrogen) atoms. The van der Waals surface area contributed by atoms with E-state index >= 15 is 0 Å². The molecule has 2 aromatic rings. The molecule has 0 saturated carbocycles. The van der Waals surface area contributed by atoms with Gasteiger partial charge in [0.1, 0.15) is 0 Å². The summed E-state index contributed by atoms with van der Waals surface area (Å²) in [6, 6.07) is 9.67. The van der Waals surface area contributed by atoms with Crippen molar-refractivity contribution in [1.82, 2.24) is 15.1 Å². The number of benzene rings is 1. The summed E-state index contributed by atoms with van der Waals surface area (Å²) in [7, 11) is 0. The minimum Gasteiger partial charge on any atom is -0.352 e. The summed E-state index contributed by atoms with van der Waals surface area (Å²) < 4.78 is 1.79. The average Bonchev–Trinajstić information content (AvgIpc) is 3.05. The summed E-state index contributed by atoms with van der Waals surface area (Å²) in [5.41, 5.74) is 2.02. The lowest BCUT2D eigenvalue weighted by molar-refractivity contribution is -0.123. The largest absolute Gasteiger partial charge is 0.352 e. The number of rotatable bonds is 6. The van der Waals surface area contributed by atoms with Crippen molar-refractivity contribution in [2.45, 2.75) is 38.8 Å². The van der Waals surface area contributed by atoms with Crippen molar-refractivity contribution in [2.24, 2.45) is 5.92 Å². The number of carbonyl (C=O) groups is 2. The van der Waals surface area contributed by atoms with Crippen molar-refractivity contribution in [3.63, 3.8) is 0 Å². The van der Waals surface area contributed by atoms with E-state index in [9.17, 15) is 9.59 Å². The molecule has 0 fully saturated rings. The van der Waals surface area contributed by atoms with Gasteiger partial charge in [0.05, 0.1) is 6.54 Å². The van der Waals surface area contributed by atoms with Crippen LogP contribution >= 0.6 is 0 Å². The lowest BCUT2D eigenvalue weighted by atomic mass is 9.89. The molecule has 2 amide bonds. The zero-order chi connectivity index (χ0) is 16.9. The summed E-state index contributed by atoms with van der Waals surface area (Å²) in [6.45, 7) is 2.58. The Hall–Kier alpha value is -2.63. The highest BCUT2D eigenvalue weighted by Gasteiger charge is 2.26. The van der Waals surface area contributed by atoms with E-state index in [0.717, 1.165) is 11.3 Å². The molecule has 6 heteroatoms. The number of hydrogen-bond donors (Lipinski definition) is 2. The standard InChI is InChI=1S/C18H22N4O2/c1-13(12-22-10-4-9-19-22)20-17(23)8-7-15-11-14-5-2-3-6-16(14)21-18(15)24/h2-6,9-10,13,15H,7-8,11-12H2,1H3,(H,20,23)(H,21,24)/t13-,15-/m0/s1. The molecule has 6 nitrogen and oxygen atoms in total. The number of hydrogen-bond acceptors (Lipinski definition) is 3. The molecule has 2 N–H and O–H groups in total. The molecule has 0 aliphatic carbocycles. The number of nitrogens with one attached hydrogen (secondary N) is 2. The summed E-state index contributed by atoms with van der Waals surface area (Å²) in [4.78, 5) is 24.3. The second kappa shape index (κ2) is 7.29. The minimum atomic E-state index is -0.146. The third-order valence-electron chi connectivity index (χ3n) is 4.26. The second-order valence-electron chi connectivity index (χ2n) is 6.28. The molecule has 2 atom stereocenters. The molecule has 126 valence electrons. The molecule has 0 radical (unpaired) electrons. The van der Waals surface area contributed by atoms with E-state index in [4.69, 9.17) is 0 Å². The SMILES string of the molecule is C[C@@H](Cn1cccn1)NC(=O)CC[C@H]1Cc2ccccc2NC1=O. The van der Waals surface area contributed by atoms with E-state index in [2.05, 4.69) is 15.7 Å². The lowest BCUT2D eigenvalue weighted by Gasteiger charge is -2.24. The molecule has 1 aromatic carbocycles. The van der Waals surface area contributed by atoms with Gasteiger partial charge in [-0.1, -0.05) is 18.2 Å². The first kappa shape index (κ1) is 16.2. The van der Waals surface area contributed by atoms with Crippen molar-refractivity contribution in [3.05, 3.63) is 48.3 Å². The predicted molar refractivity (Wildman–Crippen MR) is 91.3 cm³/mol. The van der Waals surface area contributed by atoms with Crippen LogP contribution in [0.2, 0.25) is 0 Å². The normalized spacial score (nSPS) is 17.7. The Morgan fingerprint density at radius 1 is 1.42 bits per heavy atom. The monoisotopic (exact) mass is 326 g/mol. The predicted octanol–water partition coefficient (Wildman–Crippen LogP) is 1.98. The number of carbonyl (C=O) groups excluding carboxylic acids is 2. The first-order valence-corrected chi connectivity index (χ1v) is 8.27. The fourth-order valence-electron chi connectivity index (χ4n) is 3.03.